The number of pyridine rings is 1. The molecule has 1 fully saturated rings. The van der Waals surface area contributed by atoms with Gasteiger partial charge < -0.3 is 10.5 Å². The molecular weight excluding hydrogens is 166 g/mol. The average Bonchev–Trinajstić information content (AvgIpc) is 2.92. The van der Waals surface area contributed by atoms with E-state index in [1.807, 2.05) is 6.07 Å². The number of nitriles is 1. The Kier molecular flexibility index (Phi) is 1.78. The summed E-state index contributed by atoms with van der Waals surface area (Å²) in [5.74, 6) is 0.585. The molecule has 0 atom stereocenters. The largest absolute Gasteiger partial charge is 0.487 e. The van der Waals surface area contributed by atoms with Gasteiger partial charge in [0.25, 0.3) is 0 Å². The quantitative estimate of drug-likeness (QED) is 0.729. The van der Waals surface area contributed by atoms with Gasteiger partial charge in [0, 0.05) is 6.07 Å². The SMILES string of the molecule is N#Cc1cc(N)c(OC2CC2)cn1. The van der Waals surface area contributed by atoms with Gasteiger partial charge in [-0.25, -0.2) is 4.98 Å². The second-order valence-corrected chi connectivity index (χ2v) is 3.04. The first-order chi connectivity index (χ1) is 6.29. The summed E-state index contributed by atoms with van der Waals surface area (Å²) in [6.45, 7) is 0. The number of aromatic nitrogens is 1. The smallest absolute Gasteiger partial charge is 0.160 e. The van der Waals surface area contributed by atoms with Crippen LogP contribution >= 0.6 is 0 Å². The van der Waals surface area contributed by atoms with Crippen molar-refractivity contribution in [3.8, 4) is 11.8 Å². The maximum absolute atomic E-state index is 8.54. The molecule has 4 heteroatoms. The van der Waals surface area contributed by atoms with Crippen LogP contribution in [0.3, 0.4) is 0 Å². The molecule has 1 saturated carbocycles. The molecule has 0 aromatic carbocycles. The number of hydrogen-bond acceptors (Lipinski definition) is 4. The predicted molar refractivity (Wildman–Crippen MR) is 47.0 cm³/mol. The number of hydrogen-bond donors (Lipinski definition) is 1. The Labute approximate surface area is 76.0 Å². The van der Waals surface area contributed by atoms with E-state index in [9.17, 15) is 0 Å². The molecule has 66 valence electrons. The maximum atomic E-state index is 8.54. The van der Waals surface area contributed by atoms with Crippen LogP contribution in [-0.4, -0.2) is 11.1 Å². The van der Waals surface area contributed by atoms with Crippen molar-refractivity contribution in [1.82, 2.24) is 4.98 Å². The molecule has 1 heterocycles. The molecule has 0 spiro atoms. The van der Waals surface area contributed by atoms with Crippen molar-refractivity contribution in [2.45, 2.75) is 18.9 Å². The van der Waals surface area contributed by atoms with Gasteiger partial charge >= 0.3 is 0 Å². The van der Waals surface area contributed by atoms with E-state index in [1.54, 1.807) is 0 Å². The first-order valence-corrected chi connectivity index (χ1v) is 4.12. The van der Waals surface area contributed by atoms with Crippen molar-refractivity contribution in [3.05, 3.63) is 18.0 Å². The number of rotatable bonds is 2. The molecule has 0 aliphatic heterocycles. The third-order valence-electron chi connectivity index (χ3n) is 1.83. The summed E-state index contributed by atoms with van der Waals surface area (Å²) in [6, 6.07) is 3.44. The molecule has 0 saturated heterocycles. The van der Waals surface area contributed by atoms with E-state index in [0.717, 1.165) is 12.8 Å². The second-order valence-electron chi connectivity index (χ2n) is 3.04. The van der Waals surface area contributed by atoms with Gasteiger partial charge in [0.2, 0.25) is 0 Å². The van der Waals surface area contributed by atoms with E-state index < -0.39 is 0 Å². The molecule has 1 aliphatic carbocycles. The highest BCUT2D eigenvalue weighted by Crippen LogP contribution is 2.29. The summed E-state index contributed by atoms with van der Waals surface area (Å²) in [6.07, 6.45) is 3.97. The molecule has 2 N–H and O–H groups in total. The third kappa shape index (κ3) is 1.70. The van der Waals surface area contributed by atoms with Gasteiger partial charge in [0.1, 0.15) is 11.8 Å². The van der Waals surface area contributed by atoms with Gasteiger partial charge in [-0.1, -0.05) is 0 Å². The lowest BCUT2D eigenvalue weighted by molar-refractivity contribution is 0.303. The predicted octanol–water partition coefficient (Wildman–Crippen LogP) is 1.08. The Hall–Kier alpha value is -1.76. The monoisotopic (exact) mass is 175 g/mol. The normalized spacial score (nSPS) is 15.0. The number of nitrogens with two attached hydrogens (primary N) is 1. The van der Waals surface area contributed by atoms with E-state index in [1.165, 1.54) is 12.3 Å². The van der Waals surface area contributed by atoms with Crippen LogP contribution in [0.2, 0.25) is 0 Å². The topological polar surface area (TPSA) is 71.9 Å². The van der Waals surface area contributed by atoms with E-state index in [0.29, 0.717) is 23.2 Å². The fourth-order valence-corrected chi connectivity index (χ4v) is 0.983. The lowest BCUT2D eigenvalue weighted by Gasteiger charge is -2.06. The highest BCUT2D eigenvalue weighted by molar-refractivity contribution is 5.53. The van der Waals surface area contributed by atoms with Gasteiger partial charge in [0.15, 0.2) is 5.75 Å². The molecule has 2 rings (SSSR count). The van der Waals surface area contributed by atoms with Crippen LogP contribution in [0.25, 0.3) is 0 Å². The van der Waals surface area contributed by atoms with Crippen molar-refractivity contribution >= 4 is 5.69 Å². The highest BCUT2D eigenvalue weighted by atomic mass is 16.5. The van der Waals surface area contributed by atoms with Gasteiger partial charge in [0.05, 0.1) is 18.0 Å². The van der Waals surface area contributed by atoms with Crippen LogP contribution < -0.4 is 10.5 Å². The minimum Gasteiger partial charge on any atom is -0.487 e. The van der Waals surface area contributed by atoms with Gasteiger partial charge in [-0.05, 0) is 12.8 Å². The lowest BCUT2D eigenvalue weighted by Crippen LogP contribution is -2.01. The van der Waals surface area contributed by atoms with Crippen LogP contribution in [0.15, 0.2) is 12.3 Å². The second kappa shape index (κ2) is 2.94. The summed E-state index contributed by atoms with van der Waals surface area (Å²) >= 11 is 0. The maximum Gasteiger partial charge on any atom is 0.160 e. The van der Waals surface area contributed by atoms with E-state index in [2.05, 4.69) is 4.98 Å². The number of nitrogens with zero attached hydrogens (tertiary/aromatic N) is 2. The first kappa shape index (κ1) is 7.87. The summed E-state index contributed by atoms with van der Waals surface area (Å²) in [4.78, 5) is 3.87. The highest BCUT2D eigenvalue weighted by Gasteiger charge is 2.24. The molecule has 4 nitrogen and oxygen atoms in total. The van der Waals surface area contributed by atoms with E-state index in [4.69, 9.17) is 15.7 Å². The zero-order chi connectivity index (χ0) is 9.26. The fraction of sp³-hybridized carbons (Fsp3) is 0.333. The number of nitrogen functional groups attached to an aromatic ring is 1. The Morgan fingerprint density at radius 1 is 1.62 bits per heavy atom. The molecule has 1 aromatic heterocycles. The number of ether oxygens (including phenoxy) is 1. The van der Waals surface area contributed by atoms with Crippen LogP contribution in [0.1, 0.15) is 18.5 Å². The molecule has 0 radical (unpaired) electrons. The molecule has 0 amide bonds. The zero-order valence-electron chi connectivity index (χ0n) is 7.03. The fourth-order valence-electron chi connectivity index (χ4n) is 0.983. The summed E-state index contributed by atoms with van der Waals surface area (Å²) < 4.78 is 5.46. The van der Waals surface area contributed by atoms with Crippen molar-refractivity contribution in [3.63, 3.8) is 0 Å². The Balaban J connectivity index is 2.21. The van der Waals surface area contributed by atoms with Gasteiger partial charge in [-0.15, -0.1) is 0 Å². The Morgan fingerprint density at radius 2 is 2.38 bits per heavy atom. The van der Waals surface area contributed by atoms with Gasteiger partial charge in [-0.2, -0.15) is 5.26 Å². The lowest BCUT2D eigenvalue weighted by atomic mass is 10.3. The molecule has 1 aromatic rings. The van der Waals surface area contributed by atoms with Crippen LogP contribution in [0.4, 0.5) is 5.69 Å². The first-order valence-electron chi connectivity index (χ1n) is 4.12. The number of anilines is 1. The van der Waals surface area contributed by atoms with Crippen molar-refractivity contribution < 1.29 is 4.74 Å². The van der Waals surface area contributed by atoms with E-state index >= 15 is 0 Å². The molecular formula is C9H9N3O. The van der Waals surface area contributed by atoms with Crippen LogP contribution in [0, 0.1) is 11.3 Å². The molecule has 0 unspecified atom stereocenters. The summed E-state index contributed by atoms with van der Waals surface area (Å²) in [5.41, 5.74) is 6.46. The molecule has 13 heavy (non-hydrogen) atoms. The minimum absolute atomic E-state index is 0.303. The third-order valence-corrected chi connectivity index (χ3v) is 1.83. The van der Waals surface area contributed by atoms with Crippen molar-refractivity contribution in [1.29, 1.82) is 5.26 Å². The van der Waals surface area contributed by atoms with Crippen LogP contribution in [0.5, 0.6) is 5.75 Å². The summed E-state index contributed by atoms with van der Waals surface area (Å²) in [7, 11) is 0. The summed E-state index contributed by atoms with van der Waals surface area (Å²) in [5, 5.41) is 8.54. The molecule has 0 bridgehead atoms. The minimum atomic E-state index is 0.303. The van der Waals surface area contributed by atoms with Crippen molar-refractivity contribution in [2.24, 2.45) is 0 Å². The standard InChI is InChI=1S/C9H9N3O/c10-4-6-3-8(11)9(5-12-6)13-7-1-2-7/h3,5,7H,1-2H2,(H2,11,12). The average molecular weight is 175 g/mol. The zero-order valence-corrected chi connectivity index (χ0v) is 7.03. The van der Waals surface area contributed by atoms with Crippen LogP contribution in [-0.2, 0) is 0 Å². The molecule has 1 aliphatic rings. The van der Waals surface area contributed by atoms with E-state index in [-0.39, 0.29) is 0 Å². The Bertz CT molecular complexity index is 366. The van der Waals surface area contributed by atoms with Gasteiger partial charge in [-0.3, -0.25) is 0 Å². The van der Waals surface area contributed by atoms with Crippen molar-refractivity contribution in [2.75, 3.05) is 5.73 Å². The Morgan fingerprint density at radius 3 is 2.92 bits per heavy atom.